The van der Waals surface area contributed by atoms with Crippen molar-refractivity contribution in [2.75, 3.05) is 11.9 Å². The summed E-state index contributed by atoms with van der Waals surface area (Å²) in [5, 5.41) is 6.02. The summed E-state index contributed by atoms with van der Waals surface area (Å²) in [5.74, 6) is 0.864. The van der Waals surface area contributed by atoms with Crippen molar-refractivity contribution >= 4 is 38.1 Å². The molecule has 0 amide bonds. The molecule has 0 atom stereocenters. The maximum absolute atomic E-state index is 5.42. The maximum atomic E-state index is 5.42. The molecule has 1 N–H and O–H groups in total. The zero-order valence-corrected chi connectivity index (χ0v) is 11.1. The lowest BCUT2D eigenvalue weighted by molar-refractivity contribution is 0.340. The third-order valence-electron chi connectivity index (χ3n) is 1.87. The highest BCUT2D eigenvalue weighted by Gasteiger charge is 2.01. The average molecular weight is 299 g/mol. The molecule has 0 bridgehead atoms. The van der Waals surface area contributed by atoms with Gasteiger partial charge in [-0.2, -0.15) is 0 Å². The van der Waals surface area contributed by atoms with Gasteiger partial charge in [0.2, 0.25) is 0 Å². The van der Waals surface area contributed by atoms with Crippen molar-refractivity contribution < 1.29 is 4.74 Å². The lowest BCUT2D eigenvalue weighted by atomic mass is 10.3. The van der Waals surface area contributed by atoms with Gasteiger partial charge in [-0.3, -0.25) is 0 Å². The Labute approximate surface area is 107 Å². The Hall–Kier alpha value is -1.07. The van der Waals surface area contributed by atoms with Crippen LogP contribution in [0.15, 0.2) is 34.2 Å². The van der Waals surface area contributed by atoms with Crippen LogP contribution in [0.2, 0.25) is 0 Å². The molecule has 1 heterocycles. The van der Waals surface area contributed by atoms with E-state index in [1.165, 1.54) is 0 Å². The molecule has 2 aromatic rings. The van der Waals surface area contributed by atoms with Crippen molar-refractivity contribution in [1.82, 2.24) is 4.98 Å². The van der Waals surface area contributed by atoms with Crippen LogP contribution in [0.5, 0.6) is 5.75 Å². The van der Waals surface area contributed by atoms with Crippen molar-refractivity contribution in [3.63, 3.8) is 0 Å². The zero-order valence-electron chi connectivity index (χ0n) is 8.74. The Bertz CT molecular complexity index is 473. The van der Waals surface area contributed by atoms with Gasteiger partial charge in [0, 0.05) is 17.1 Å². The molecule has 3 nitrogen and oxygen atoms in total. The Morgan fingerprint density at radius 2 is 2.38 bits per heavy atom. The van der Waals surface area contributed by atoms with Crippen LogP contribution >= 0.6 is 27.3 Å². The SMILES string of the molecule is CCOc1cccc(Nc2nc(Br)cs2)c1. The summed E-state index contributed by atoms with van der Waals surface area (Å²) in [6, 6.07) is 7.83. The van der Waals surface area contributed by atoms with E-state index in [0.29, 0.717) is 6.61 Å². The number of ether oxygens (including phenoxy) is 1. The van der Waals surface area contributed by atoms with Crippen molar-refractivity contribution in [2.24, 2.45) is 0 Å². The van der Waals surface area contributed by atoms with Gasteiger partial charge in [0.25, 0.3) is 0 Å². The van der Waals surface area contributed by atoms with Crippen molar-refractivity contribution in [3.8, 4) is 5.75 Å². The van der Waals surface area contributed by atoms with Crippen molar-refractivity contribution in [2.45, 2.75) is 6.92 Å². The van der Waals surface area contributed by atoms with E-state index in [0.717, 1.165) is 21.2 Å². The van der Waals surface area contributed by atoms with Crippen LogP contribution in [0.4, 0.5) is 10.8 Å². The quantitative estimate of drug-likeness (QED) is 0.925. The Balaban J connectivity index is 2.12. The summed E-state index contributed by atoms with van der Waals surface area (Å²) in [5.41, 5.74) is 0.979. The number of benzene rings is 1. The largest absolute Gasteiger partial charge is 0.494 e. The molecule has 84 valence electrons. The Morgan fingerprint density at radius 3 is 3.06 bits per heavy atom. The molecule has 16 heavy (non-hydrogen) atoms. The highest BCUT2D eigenvalue weighted by Crippen LogP contribution is 2.25. The van der Waals surface area contributed by atoms with E-state index in [9.17, 15) is 0 Å². The van der Waals surface area contributed by atoms with Gasteiger partial charge in [-0.25, -0.2) is 4.98 Å². The second-order valence-corrected chi connectivity index (χ2v) is 4.73. The van der Waals surface area contributed by atoms with E-state index in [2.05, 4.69) is 26.2 Å². The number of thiazole rings is 1. The van der Waals surface area contributed by atoms with Crippen LogP contribution < -0.4 is 10.1 Å². The van der Waals surface area contributed by atoms with Crippen LogP contribution in [0.25, 0.3) is 0 Å². The van der Waals surface area contributed by atoms with E-state index >= 15 is 0 Å². The maximum Gasteiger partial charge on any atom is 0.188 e. The molecule has 0 spiro atoms. The van der Waals surface area contributed by atoms with E-state index in [1.54, 1.807) is 11.3 Å². The first-order valence-electron chi connectivity index (χ1n) is 4.89. The van der Waals surface area contributed by atoms with Crippen LogP contribution in [0.3, 0.4) is 0 Å². The van der Waals surface area contributed by atoms with Gasteiger partial charge >= 0.3 is 0 Å². The highest BCUT2D eigenvalue weighted by atomic mass is 79.9. The Kier molecular flexibility index (Phi) is 3.79. The monoisotopic (exact) mass is 298 g/mol. The van der Waals surface area contributed by atoms with E-state index in [-0.39, 0.29) is 0 Å². The van der Waals surface area contributed by atoms with Crippen LogP contribution in [-0.4, -0.2) is 11.6 Å². The minimum absolute atomic E-state index is 0.673. The molecule has 2 rings (SSSR count). The van der Waals surface area contributed by atoms with Gasteiger partial charge in [0.15, 0.2) is 5.13 Å². The van der Waals surface area contributed by atoms with Gasteiger partial charge in [0.05, 0.1) is 6.61 Å². The van der Waals surface area contributed by atoms with E-state index < -0.39 is 0 Å². The molecule has 1 aromatic carbocycles. The minimum Gasteiger partial charge on any atom is -0.494 e. The zero-order chi connectivity index (χ0) is 11.4. The first-order chi connectivity index (χ1) is 7.78. The molecule has 5 heteroatoms. The number of nitrogens with zero attached hydrogens (tertiary/aromatic N) is 1. The van der Waals surface area contributed by atoms with E-state index in [1.807, 2.05) is 36.6 Å². The molecule has 0 unspecified atom stereocenters. The first kappa shape index (κ1) is 11.4. The molecule has 0 aliphatic heterocycles. The summed E-state index contributed by atoms with van der Waals surface area (Å²) in [6.07, 6.45) is 0. The van der Waals surface area contributed by atoms with Gasteiger partial charge in [0.1, 0.15) is 10.4 Å². The third-order valence-corrected chi connectivity index (χ3v) is 3.34. The van der Waals surface area contributed by atoms with Gasteiger partial charge < -0.3 is 10.1 Å². The predicted octanol–water partition coefficient (Wildman–Crippen LogP) is 4.05. The Morgan fingerprint density at radius 1 is 1.50 bits per heavy atom. The molecule has 0 saturated heterocycles. The summed E-state index contributed by atoms with van der Waals surface area (Å²) < 4.78 is 6.27. The van der Waals surface area contributed by atoms with Gasteiger partial charge in [-0.05, 0) is 35.0 Å². The van der Waals surface area contributed by atoms with Gasteiger partial charge in [-0.1, -0.05) is 6.07 Å². The standard InChI is InChI=1S/C11H11BrN2OS/c1-2-15-9-5-3-4-8(6-9)13-11-14-10(12)7-16-11/h3-7H,2H2,1H3,(H,13,14). The lowest BCUT2D eigenvalue weighted by Gasteiger charge is -2.06. The smallest absolute Gasteiger partial charge is 0.188 e. The van der Waals surface area contributed by atoms with Crippen LogP contribution in [-0.2, 0) is 0 Å². The molecule has 0 saturated carbocycles. The normalized spacial score (nSPS) is 10.1. The van der Waals surface area contributed by atoms with Crippen molar-refractivity contribution in [3.05, 3.63) is 34.2 Å². The minimum atomic E-state index is 0.673. The number of halogens is 1. The average Bonchev–Trinajstić information content (AvgIpc) is 2.65. The summed E-state index contributed by atoms with van der Waals surface area (Å²) in [6.45, 7) is 2.64. The fourth-order valence-corrected chi connectivity index (χ4v) is 2.43. The molecule has 1 aromatic heterocycles. The molecule has 0 aliphatic rings. The fraction of sp³-hybridized carbons (Fsp3) is 0.182. The number of hydrogen-bond donors (Lipinski definition) is 1. The number of rotatable bonds is 4. The number of aromatic nitrogens is 1. The highest BCUT2D eigenvalue weighted by molar-refractivity contribution is 9.10. The fourth-order valence-electron chi connectivity index (χ4n) is 1.27. The van der Waals surface area contributed by atoms with Crippen molar-refractivity contribution in [1.29, 1.82) is 0 Å². The predicted molar refractivity (Wildman–Crippen MR) is 70.7 cm³/mol. The summed E-state index contributed by atoms with van der Waals surface area (Å²) in [7, 11) is 0. The second-order valence-electron chi connectivity index (χ2n) is 3.06. The van der Waals surface area contributed by atoms with Crippen LogP contribution in [0.1, 0.15) is 6.92 Å². The van der Waals surface area contributed by atoms with E-state index in [4.69, 9.17) is 4.74 Å². The molecule has 0 aliphatic carbocycles. The molecular weight excluding hydrogens is 288 g/mol. The molecule has 0 fully saturated rings. The summed E-state index contributed by atoms with van der Waals surface area (Å²) >= 11 is 4.87. The molecule has 0 radical (unpaired) electrons. The van der Waals surface area contributed by atoms with Crippen LogP contribution in [0, 0.1) is 0 Å². The lowest BCUT2D eigenvalue weighted by Crippen LogP contribution is -1.93. The van der Waals surface area contributed by atoms with Gasteiger partial charge in [-0.15, -0.1) is 11.3 Å². The topological polar surface area (TPSA) is 34.1 Å². The second kappa shape index (κ2) is 5.32. The number of hydrogen-bond acceptors (Lipinski definition) is 4. The summed E-state index contributed by atoms with van der Waals surface area (Å²) in [4.78, 5) is 4.26. The third kappa shape index (κ3) is 2.96. The first-order valence-corrected chi connectivity index (χ1v) is 6.56. The number of nitrogens with one attached hydrogen (secondary N) is 1. The molecular formula is C11H11BrN2OS. The number of anilines is 2.